The Morgan fingerprint density at radius 1 is 1.71 bits per heavy atom. The Morgan fingerprint density at radius 3 is 3.00 bits per heavy atom. The van der Waals surface area contributed by atoms with Crippen molar-refractivity contribution in [2.24, 2.45) is 5.73 Å². The summed E-state index contributed by atoms with van der Waals surface area (Å²) in [6.45, 7) is 1.60. The van der Waals surface area contributed by atoms with E-state index >= 15 is 0 Å². The van der Waals surface area contributed by atoms with Crippen molar-refractivity contribution in [2.45, 2.75) is 25.1 Å². The van der Waals surface area contributed by atoms with E-state index in [2.05, 4.69) is 20.9 Å². The predicted octanol–water partition coefficient (Wildman–Crippen LogP) is 1.64. The molecule has 1 aromatic rings. The summed E-state index contributed by atoms with van der Waals surface area (Å²) in [5, 5.41) is 0. The van der Waals surface area contributed by atoms with Crippen molar-refractivity contribution in [3.8, 4) is 0 Å². The molecule has 1 aliphatic heterocycles. The Hall–Kier alpha value is -1.17. The number of rotatable bonds is 2. The van der Waals surface area contributed by atoms with E-state index in [1.54, 1.807) is 23.1 Å². The third-order valence-corrected chi connectivity index (χ3v) is 3.26. The lowest BCUT2D eigenvalue weighted by Gasteiger charge is -2.23. The van der Waals surface area contributed by atoms with Crippen LogP contribution in [0.1, 0.15) is 13.3 Å². The zero-order valence-electron chi connectivity index (χ0n) is 9.36. The average molecular weight is 302 g/mol. The Labute approximate surface area is 107 Å². The van der Waals surface area contributed by atoms with Crippen LogP contribution in [-0.4, -0.2) is 29.1 Å². The largest absolute Gasteiger partial charge is 0.368 e. The van der Waals surface area contributed by atoms with E-state index in [1.165, 1.54) is 6.92 Å². The second-order valence-electron chi connectivity index (χ2n) is 4.48. The fourth-order valence-corrected chi connectivity index (χ4v) is 2.43. The summed E-state index contributed by atoms with van der Waals surface area (Å²) in [4.78, 5) is 17.2. The van der Waals surface area contributed by atoms with E-state index in [0.717, 1.165) is 0 Å². The molecular formula is C11H13BrFN3O. The standard InChI is InChI=1S/C11H13BrFN3O/c1-11(13)5-7(10(14)17)16(6-11)9-4-2-3-8(12)15-9/h2-4,7H,5-6H2,1H3,(H2,14,17). The zero-order valence-corrected chi connectivity index (χ0v) is 10.9. The number of amides is 1. The number of aromatic nitrogens is 1. The molecule has 2 atom stereocenters. The summed E-state index contributed by atoms with van der Waals surface area (Å²) in [6, 6.07) is 4.67. The topological polar surface area (TPSA) is 59.2 Å². The van der Waals surface area contributed by atoms with Crippen LogP contribution in [0.15, 0.2) is 22.8 Å². The van der Waals surface area contributed by atoms with Crippen molar-refractivity contribution in [2.75, 3.05) is 11.4 Å². The van der Waals surface area contributed by atoms with E-state index in [4.69, 9.17) is 5.73 Å². The average Bonchev–Trinajstić information content (AvgIpc) is 2.55. The highest BCUT2D eigenvalue weighted by Crippen LogP contribution is 2.33. The van der Waals surface area contributed by atoms with Gasteiger partial charge in [0.15, 0.2) is 0 Å². The van der Waals surface area contributed by atoms with Crippen LogP contribution in [0, 0.1) is 0 Å². The number of primary amides is 1. The van der Waals surface area contributed by atoms with Gasteiger partial charge in [0.1, 0.15) is 22.1 Å². The molecule has 2 rings (SSSR count). The molecule has 2 unspecified atom stereocenters. The second kappa shape index (κ2) is 4.25. The van der Waals surface area contributed by atoms with Crippen LogP contribution in [-0.2, 0) is 4.79 Å². The van der Waals surface area contributed by atoms with Gasteiger partial charge >= 0.3 is 0 Å². The maximum absolute atomic E-state index is 14.0. The van der Waals surface area contributed by atoms with Crippen LogP contribution >= 0.6 is 15.9 Å². The van der Waals surface area contributed by atoms with Gasteiger partial charge < -0.3 is 10.6 Å². The van der Waals surface area contributed by atoms with Crippen LogP contribution < -0.4 is 10.6 Å². The maximum atomic E-state index is 14.0. The van der Waals surface area contributed by atoms with E-state index in [0.29, 0.717) is 10.4 Å². The quantitative estimate of drug-likeness (QED) is 0.845. The van der Waals surface area contributed by atoms with E-state index in [1.807, 2.05) is 0 Å². The molecule has 2 N–H and O–H groups in total. The smallest absolute Gasteiger partial charge is 0.240 e. The highest BCUT2D eigenvalue weighted by Gasteiger charge is 2.44. The first-order chi connectivity index (χ1) is 7.89. The molecule has 0 radical (unpaired) electrons. The lowest BCUT2D eigenvalue weighted by atomic mass is 10.1. The highest BCUT2D eigenvalue weighted by molar-refractivity contribution is 9.10. The Morgan fingerprint density at radius 2 is 2.41 bits per heavy atom. The number of carbonyl (C=O) groups excluding carboxylic acids is 1. The molecule has 6 heteroatoms. The summed E-state index contributed by atoms with van der Waals surface area (Å²) in [5.41, 5.74) is 3.88. The SMILES string of the molecule is CC1(F)CC(C(N)=O)N(c2cccc(Br)n2)C1. The molecule has 0 bridgehead atoms. The fraction of sp³-hybridized carbons (Fsp3) is 0.455. The Balaban J connectivity index is 2.33. The third kappa shape index (κ3) is 2.57. The minimum Gasteiger partial charge on any atom is -0.368 e. The zero-order chi connectivity index (χ0) is 12.6. The number of anilines is 1. The Bertz CT molecular complexity index is 452. The van der Waals surface area contributed by atoms with Crippen molar-refractivity contribution in [1.82, 2.24) is 4.98 Å². The molecule has 0 aromatic carbocycles. The molecule has 0 spiro atoms. The first-order valence-corrected chi connectivity index (χ1v) is 6.06. The molecule has 0 aliphatic carbocycles. The highest BCUT2D eigenvalue weighted by atomic mass is 79.9. The van der Waals surface area contributed by atoms with Gasteiger partial charge in [-0.15, -0.1) is 0 Å². The van der Waals surface area contributed by atoms with Crippen LogP contribution in [0.25, 0.3) is 0 Å². The number of nitrogens with two attached hydrogens (primary N) is 1. The molecule has 1 aliphatic rings. The number of pyridine rings is 1. The van der Waals surface area contributed by atoms with E-state index in [-0.39, 0.29) is 13.0 Å². The molecule has 1 aromatic heterocycles. The van der Waals surface area contributed by atoms with Crippen molar-refractivity contribution in [3.05, 3.63) is 22.8 Å². The molecular weight excluding hydrogens is 289 g/mol. The summed E-state index contributed by atoms with van der Waals surface area (Å²) >= 11 is 3.25. The second-order valence-corrected chi connectivity index (χ2v) is 5.29. The first-order valence-electron chi connectivity index (χ1n) is 5.26. The molecule has 2 heterocycles. The van der Waals surface area contributed by atoms with Gasteiger partial charge in [-0.1, -0.05) is 6.07 Å². The first kappa shape index (κ1) is 12.3. The Kier molecular flexibility index (Phi) is 3.07. The molecule has 1 fully saturated rings. The summed E-state index contributed by atoms with van der Waals surface area (Å²) in [7, 11) is 0. The maximum Gasteiger partial charge on any atom is 0.240 e. The molecule has 1 amide bonds. The number of hydrogen-bond acceptors (Lipinski definition) is 3. The molecule has 1 saturated heterocycles. The van der Waals surface area contributed by atoms with Gasteiger partial charge in [-0.05, 0) is 35.0 Å². The minimum atomic E-state index is -1.41. The number of alkyl halides is 1. The summed E-state index contributed by atoms with van der Waals surface area (Å²) in [6.07, 6.45) is 0.108. The van der Waals surface area contributed by atoms with Gasteiger partial charge in [0.05, 0.1) is 6.54 Å². The van der Waals surface area contributed by atoms with Crippen LogP contribution in [0.5, 0.6) is 0 Å². The lowest BCUT2D eigenvalue weighted by Crippen LogP contribution is -2.40. The van der Waals surface area contributed by atoms with Gasteiger partial charge in [0, 0.05) is 6.42 Å². The van der Waals surface area contributed by atoms with Crippen LogP contribution in [0.4, 0.5) is 10.2 Å². The monoisotopic (exact) mass is 301 g/mol. The van der Waals surface area contributed by atoms with Crippen molar-refractivity contribution < 1.29 is 9.18 Å². The van der Waals surface area contributed by atoms with Crippen LogP contribution in [0.3, 0.4) is 0 Å². The summed E-state index contributed by atoms with van der Waals surface area (Å²) in [5.74, 6) is 0.0395. The number of halogens is 2. The van der Waals surface area contributed by atoms with Gasteiger partial charge in [-0.3, -0.25) is 4.79 Å². The summed E-state index contributed by atoms with van der Waals surface area (Å²) < 4.78 is 14.6. The third-order valence-electron chi connectivity index (χ3n) is 2.82. The minimum absolute atomic E-state index is 0.108. The lowest BCUT2D eigenvalue weighted by molar-refractivity contribution is -0.119. The fourth-order valence-electron chi connectivity index (χ4n) is 2.10. The molecule has 4 nitrogen and oxygen atoms in total. The van der Waals surface area contributed by atoms with Crippen molar-refractivity contribution in [3.63, 3.8) is 0 Å². The van der Waals surface area contributed by atoms with E-state index in [9.17, 15) is 9.18 Å². The number of hydrogen-bond donors (Lipinski definition) is 1. The normalized spacial score (nSPS) is 28.4. The predicted molar refractivity (Wildman–Crippen MR) is 66.4 cm³/mol. The van der Waals surface area contributed by atoms with Gasteiger partial charge in [-0.25, -0.2) is 9.37 Å². The molecule has 0 saturated carbocycles. The van der Waals surface area contributed by atoms with Crippen molar-refractivity contribution in [1.29, 1.82) is 0 Å². The molecule has 17 heavy (non-hydrogen) atoms. The number of nitrogens with zero attached hydrogens (tertiary/aromatic N) is 2. The van der Waals surface area contributed by atoms with Gasteiger partial charge in [0.25, 0.3) is 0 Å². The number of carbonyl (C=O) groups is 1. The van der Waals surface area contributed by atoms with E-state index < -0.39 is 17.6 Å². The van der Waals surface area contributed by atoms with Crippen LogP contribution in [0.2, 0.25) is 0 Å². The van der Waals surface area contributed by atoms with Crippen molar-refractivity contribution >= 4 is 27.7 Å². The van der Waals surface area contributed by atoms with Gasteiger partial charge in [0.2, 0.25) is 5.91 Å². The van der Waals surface area contributed by atoms with Gasteiger partial charge in [-0.2, -0.15) is 0 Å². The molecule has 92 valence electrons.